The third kappa shape index (κ3) is 5.36. The lowest BCUT2D eigenvalue weighted by molar-refractivity contribution is -0.148. The minimum Gasteiger partial charge on any atom is -0.490 e. The van der Waals surface area contributed by atoms with Crippen molar-refractivity contribution in [2.45, 2.75) is 26.5 Å². The molecule has 7 nitrogen and oxygen atoms in total. The van der Waals surface area contributed by atoms with Gasteiger partial charge in [0.05, 0.1) is 22.2 Å². The zero-order chi connectivity index (χ0) is 25.8. The van der Waals surface area contributed by atoms with Gasteiger partial charge >= 0.3 is 5.97 Å². The van der Waals surface area contributed by atoms with Crippen LogP contribution in [0.3, 0.4) is 0 Å². The highest BCUT2D eigenvalue weighted by Crippen LogP contribution is 2.38. The van der Waals surface area contributed by atoms with E-state index in [0.29, 0.717) is 30.3 Å². The summed E-state index contributed by atoms with van der Waals surface area (Å²) < 4.78 is 17.6. The van der Waals surface area contributed by atoms with Crippen LogP contribution in [0, 0.1) is 3.57 Å². The Labute approximate surface area is 226 Å². The van der Waals surface area contributed by atoms with Gasteiger partial charge in [-0.15, -0.1) is 0 Å². The van der Waals surface area contributed by atoms with Crippen LogP contribution in [-0.2, 0) is 20.9 Å². The number of halogens is 1. The van der Waals surface area contributed by atoms with Crippen LogP contribution in [0.2, 0.25) is 0 Å². The van der Waals surface area contributed by atoms with Crippen LogP contribution in [-0.4, -0.2) is 41.8 Å². The number of ether oxygens (including phenoxy) is 3. The van der Waals surface area contributed by atoms with E-state index in [1.54, 1.807) is 12.1 Å². The maximum Gasteiger partial charge on any atom is 0.328 e. The largest absolute Gasteiger partial charge is 0.490 e. The Morgan fingerprint density at radius 1 is 1.11 bits per heavy atom. The van der Waals surface area contributed by atoms with E-state index < -0.39 is 23.2 Å². The van der Waals surface area contributed by atoms with Crippen molar-refractivity contribution in [2.24, 2.45) is 0 Å². The normalized spacial score (nSPS) is 15.4. The number of benzene rings is 3. The Hall–Kier alpha value is -3.05. The van der Waals surface area contributed by atoms with Crippen molar-refractivity contribution in [2.75, 3.05) is 13.7 Å². The number of carbonyl (C=O) groups excluding carboxylic acids is 3. The lowest BCUT2D eigenvalue weighted by Crippen LogP contribution is -2.42. The molecule has 1 atom stereocenters. The first kappa shape index (κ1) is 26.0. The molecule has 0 radical (unpaired) electrons. The maximum absolute atomic E-state index is 12.9. The van der Waals surface area contributed by atoms with Crippen molar-refractivity contribution in [3.8, 4) is 11.5 Å². The van der Waals surface area contributed by atoms with Gasteiger partial charge in [-0.05, 0) is 88.3 Å². The first-order valence-corrected chi connectivity index (χ1v) is 13.1. The molecule has 4 rings (SSSR count). The lowest BCUT2D eigenvalue weighted by Gasteiger charge is -2.18. The van der Waals surface area contributed by atoms with Crippen LogP contribution < -0.4 is 9.47 Å². The van der Waals surface area contributed by atoms with E-state index >= 15 is 0 Å². The zero-order valence-corrected chi connectivity index (χ0v) is 22.9. The fourth-order valence-corrected chi connectivity index (χ4v) is 5.57. The Kier molecular flexibility index (Phi) is 8.20. The van der Waals surface area contributed by atoms with Gasteiger partial charge in [-0.3, -0.25) is 14.5 Å². The molecule has 3 aromatic carbocycles. The van der Waals surface area contributed by atoms with Crippen molar-refractivity contribution in [1.82, 2.24) is 4.90 Å². The van der Waals surface area contributed by atoms with Crippen LogP contribution in [0.1, 0.15) is 25.0 Å². The third-order valence-corrected chi connectivity index (χ3v) is 7.32. The van der Waals surface area contributed by atoms with Gasteiger partial charge in [0.1, 0.15) is 12.6 Å². The molecule has 0 aromatic heterocycles. The van der Waals surface area contributed by atoms with Crippen molar-refractivity contribution in [3.63, 3.8) is 0 Å². The van der Waals surface area contributed by atoms with Gasteiger partial charge in [-0.1, -0.05) is 42.5 Å². The van der Waals surface area contributed by atoms with Gasteiger partial charge < -0.3 is 14.2 Å². The quantitative estimate of drug-likeness (QED) is 0.174. The van der Waals surface area contributed by atoms with Gasteiger partial charge in [-0.25, -0.2) is 4.79 Å². The minimum atomic E-state index is -1.00. The molecule has 0 aliphatic carbocycles. The molecule has 1 aliphatic rings. The Balaban J connectivity index is 1.61. The number of carbonyl (C=O) groups is 3. The van der Waals surface area contributed by atoms with Crippen LogP contribution in [0.5, 0.6) is 11.5 Å². The fourth-order valence-electron chi connectivity index (χ4n) is 3.88. The van der Waals surface area contributed by atoms with Gasteiger partial charge in [0, 0.05) is 0 Å². The molecule has 9 heteroatoms. The van der Waals surface area contributed by atoms with E-state index in [-0.39, 0.29) is 4.91 Å². The van der Waals surface area contributed by atoms with Gasteiger partial charge in [0.25, 0.3) is 11.1 Å². The SMILES string of the molecule is CCOc1cc(/C=C2/SC(=O)N([C@@H](C)C(=O)OC)C2=O)cc(I)c1OCc1cccc2ccccc12. The first-order valence-electron chi connectivity index (χ1n) is 11.2. The first-order chi connectivity index (χ1) is 17.3. The smallest absolute Gasteiger partial charge is 0.328 e. The second-order valence-corrected chi connectivity index (χ2v) is 10.1. The van der Waals surface area contributed by atoms with E-state index in [9.17, 15) is 14.4 Å². The zero-order valence-electron chi connectivity index (χ0n) is 19.9. The summed E-state index contributed by atoms with van der Waals surface area (Å²) in [6.45, 7) is 4.13. The number of hydrogen-bond donors (Lipinski definition) is 0. The molecule has 0 spiro atoms. The van der Waals surface area contributed by atoms with Crippen LogP contribution in [0.25, 0.3) is 16.8 Å². The molecular formula is C27H24INO6S. The summed E-state index contributed by atoms with van der Waals surface area (Å²) in [4.78, 5) is 38.3. The van der Waals surface area contributed by atoms with E-state index in [2.05, 4.69) is 45.5 Å². The van der Waals surface area contributed by atoms with E-state index in [0.717, 1.165) is 36.6 Å². The summed E-state index contributed by atoms with van der Waals surface area (Å²) in [6, 6.07) is 16.9. The molecule has 186 valence electrons. The second kappa shape index (κ2) is 11.3. The molecule has 36 heavy (non-hydrogen) atoms. The number of esters is 1. The molecule has 2 amide bonds. The monoisotopic (exact) mass is 617 g/mol. The number of rotatable bonds is 8. The van der Waals surface area contributed by atoms with Crippen molar-refractivity contribution >= 4 is 68.3 Å². The van der Waals surface area contributed by atoms with Crippen LogP contribution in [0.15, 0.2) is 59.5 Å². The van der Waals surface area contributed by atoms with Crippen molar-refractivity contribution in [1.29, 1.82) is 0 Å². The van der Waals surface area contributed by atoms with Crippen molar-refractivity contribution in [3.05, 3.63) is 74.2 Å². The van der Waals surface area contributed by atoms with E-state index in [4.69, 9.17) is 9.47 Å². The molecule has 0 saturated carbocycles. The third-order valence-electron chi connectivity index (χ3n) is 5.63. The molecule has 1 heterocycles. The number of imide groups is 1. The molecule has 0 bridgehead atoms. The predicted octanol–water partition coefficient (Wildman–Crippen LogP) is 6.02. The summed E-state index contributed by atoms with van der Waals surface area (Å²) in [6.07, 6.45) is 1.62. The lowest BCUT2D eigenvalue weighted by atomic mass is 10.1. The summed E-state index contributed by atoms with van der Waals surface area (Å²) in [7, 11) is 1.22. The van der Waals surface area contributed by atoms with Crippen LogP contribution >= 0.6 is 34.4 Å². The number of fused-ring (bicyclic) bond motifs is 1. The van der Waals surface area contributed by atoms with Gasteiger partial charge in [0.2, 0.25) is 0 Å². The highest BCUT2D eigenvalue weighted by atomic mass is 127. The minimum absolute atomic E-state index is 0.221. The number of nitrogens with zero attached hydrogens (tertiary/aromatic N) is 1. The molecule has 1 fully saturated rings. The maximum atomic E-state index is 12.9. The van der Waals surface area contributed by atoms with Gasteiger partial charge in [0.15, 0.2) is 11.5 Å². The highest BCUT2D eigenvalue weighted by molar-refractivity contribution is 14.1. The van der Waals surface area contributed by atoms with Crippen LogP contribution in [0.4, 0.5) is 4.79 Å². The number of amides is 2. The molecule has 1 saturated heterocycles. The number of methoxy groups -OCH3 is 1. The van der Waals surface area contributed by atoms with E-state index in [1.807, 2.05) is 37.3 Å². The summed E-state index contributed by atoms with van der Waals surface area (Å²) in [5.74, 6) is -0.0421. The summed E-state index contributed by atoms with van der Waals surface area (Å²) in [5, 5.41) is 1.75. The van der Waals surface area contributed by atoms with Crippen molar-refractivity contribution < 1.29 is 28.6 Å². The topological polar surface area (TPSA) is 82.1 Å². The summed E-state index contributed by atoms with van der Waals surface area (Å²) >= 11 is 2.96. The molecular weight excluding hydrogens is 593 g/mol. The van der Waals surface area contributed by atoms with E-state index in [1.165, 1.54) is 14.0 Å². The average molecular weight is 617 g/mol. The molecule has 1 aliphatic heterocycles. The van der Waals surface area contributed by atoms with Gasteiger partial charge in [-0.2, -0.15) is 0 Å². The Bertz CT molecular complexity index is 1370. The molecule has 0 N–H and O–H groups in total. The summed E-state index contributed by atoms with van der Waals surface area (Å²) in [5.41, 5.74) is 1.74. The second-order valence-electron chi connectivity index (χ2n) is 7.94. The molecule has 3 aromatic rings. The standard InChI is InChI=1S/C27H24INO6S/c1-4-34-22-13-17(14-23-25(30)29(27(32)36-23)16(2)26(31)33-3)12-21(28)24(22)35-15-19-10-7-9-18-8-5-6-11-20(18)19/h5-14,16H,4,15H2,1-3H3/b23-14+/t16-/m0/s1. The molecule has 0 unspecified atom stereocenters. The Morgan fingerprint density at radius 3 is 2.61 bits per heavy atom. The number of hydrogen-bond acceptors (Lipinski definition) is 7. The fraction of sp³-hybridized carbons (Fsp3) is 0.222. The highest BCUT2D eigenvalue weighted by Gasteiger charge is 2.41. The Morgan fingerprint density at radius 2 is 1.86 bits per heavy atom. The average Bonchev–Trinajstić information content (AvgIpc) is 3.15. The predicted molar refractivity (Wildman–Crippen MR) is 148 cm³/mol. The number of thioether (sulfide) groups is 1.